The van der Waals surface area contributed by atoms with Crippen molar-refractivity contribution in [1.82, 2.24) is 4.98 Å². The molecule has 0 radical (unpaired) electrons. The standard InChI is InChI=1S/C15H9BrN2O2/c16-12-3-1-10(2-4-12)9-13-15(19)20-14(18-13)11-5-7-17-8-6-11/h1-9H/b13-9+. The van der Waals surface area contributed by atoms with Crippen LogP contribution in [0.4, 0.5) is 0 Å². The van der Waals surface area contributed by atoms with Crippen molar-refractivity contribution in [2.45, 2.75) is 0 Å². The highest BCUT2D eigenvalue weighted by atomic mass is 79.9. The molecule has 0 atom stereocenters. The minimum absolute atomic E-state index is 0.291. The number of carbonyl (C=O) groups excluding carboxylic acids is 1. The maximum Gasteiger partial charge on any atom is 0.363 e. The molecule has 0 saturated heterocycles. The van der Waals surface area contributed by atoms with Crippen molar-refractivity contribution in [3.63, 3.8) is 0 Å². The van der Waals surface area contributed by atoms with Gasteiger partial charge < -0.3 is 4.74 Å². The van der Waals surface area contributed by atoms with Gasteiger partial charge in [-0.25, -0.2) is 9.79 Å². The molecule has 0 N–H and O–H groups in total. The molecule has 5 heteroatoms. The van der Waals surface area contributed by atoms with Crippen LogP contribution in [0.5, 0.6) is 0 Å². The summed E-state index contributed by atoms with van der Waals surface area (Å²) < 4.78 is 6.14. The topological polar surface area (TPSA) is 51.5 Å². The number of hydrogen-bond acceptors (Lipinski definition) is 4. The number of pyridine rings is 1. The van der Waals surface area contributed by atoms with E-state index in [9.17, 15) is 4.79 Å². The number of halogens is 1. The number of carbonyl (C=O) groups is 1. The van der Waals surface area contributed by atoms with Crippen LogP contribution < -0.4 is 0 Å². The average molecular weight is 329 g/mol. The molecular weight excluding hydrogens is 320 g/mol. The quantitative estimate of drug-likeness (QED) is 0.628. The van der Waals surface area contributed by atoms with Crippen molar-refractivity contribution in [1.29, 1.82) is 0 Å². The van der Waals surface area contributed by atoms with Gasteiger partial charge in [-0.15, -0.1) is 0 Å². The van der Waals surface area contributed by atoms with Gasteiger partial charge in [-0.3, -0.25) is 4.98 Å². The van der Waals surface area contributed by atoms with E-state index in [2.05, 4.69) is 25.9 Å². The number of cyclic esters (lactones) is 1. The summed E-state index contributed by atoms with van der Waals surface area (Å²) in [6.45, 7) is 0. The second-order valence-corrected chi connectivity index (χ2v) is 5.04. The molecule has 0 saturated carbocycles. The smallest absolute Gasteiger partial charge is 0.363 e. The highest BCUT2D eigenvalue weighted by molar-refractivity contribution is 9.10. The van der Waals surface area contributed by atoms with Gasteiger partial charge in [-0.05, 0) is 35.9 Å². The van der Waals surface area contributed by atoms with Crippen molar-refractivity contribution < 1.29 is 9.53 Å². The lowest BCUT2D eigenvalue weighted by atomic mass is 10.2. The van der Waals surface area contributed by atoms with Crippen molar-refractivity contribution in [3.05, 3.63) is 70.1 Å². The third-order valence-electron chi connectivity index (χ3n) is 2.72. The van der Waals surface area contributed by atoms with Crippen LogP contribution in [0.1, 0.15) is 11.1 Å². The molecular formula is C15H9BrN2O2. The lowest BCUT2D eigenvalue weighted by Crippen LogP contribution is -2.05. The Morgan fingerprint density at radius 3 is 2.45 bits per heavy atom. The largest absolute Gasteiger partial charge is 0.402 e. The SMILES string of the molecule is O=C1OC(c2ccncc2)=N/C1=C/c1ccc(Br)cc1. The Labute approximate surface area is 124 Å². The summed E-state index contributed by atoms with van der Waals surface area (Å²) >= 11 is 3.36. The molecule has 3 rings (SSSR count). The number of nitrogens with zero attached hydrogens (tertiary/aromatic N) is 2. The van der Waals surface area contributed by atoms with E-state index in [-0.39, 0.29) is 0 Å². The second-order valence-electron chi connectivity index (χ2n) is 4.12. The molecule has 0 aliphatic carbocycles. The Morgan fingerprint density at radius 1 is 1.05 bits per heavy atom. The van der Waals surface area contributed by atoms with E-state index in [1.54, 1.807) is 30.6 Å². The normalized spacial score (nSPS) is 16.1. The van der Waals surface area contributed by atoms with Gasteiger partial charge in [0.25, 0.3) is 0 Å². The van der Waals surface area contributed by atoms with Crippen molar-refractivity contribution >= 4 is 33.9 Å². The Morgan fingerprint density at radius 2 is 1.75 bits per heavy atom. The number of hydrogen-bond donors (Lipinski definition) is 0. The fourth-order valence-electron chi connectivity index (χ4n) is 1.74. The van der Waals surface area contributed by atoms with Crippen LogP contribution in [0.15, 0.2) is 64.0 Å². The predicted octanol–water partition coefficient (Wildman–Crippen LogP) is 3.19. The van der Waals surface area contributed by atoms with Crippen LogP contribution in [0.3, 0.4) is 0 Å². The first-order valence-electron chi connectivity index (χ1n) is 5.91. The Kier molecular flexibility index (Phi) is 3.43. The summed E-state index contributed by atoms with van der Waals surface area (Å²) in [5.41, 5.74) is 1.91. The highest BCUT2D eigenvalue weighted by Crippen LogP contribution is 2.19. The first-order valence-corrected chi connectivity index (χ1v) is 6.70. The van der Waals surface area contributed by atoms with Crippen molar-refractivity contribution in [2.24, 2.45) is 4.99 Å². The second kappa shape index (κ2) is 5.38. The van der Waals surface area contributed by atoms with E-state index in [0.717, 1.165) is 15.6 Å². The van der Waals surface area contributed by atoms with Gasteiger partial charge in [0.05, 0.1) is 0 Å². The molecule has 0 bridgehead atoms. The summed E-state index contributed by atoms with van der Waals surface area (Å²) in [5, 5.41) is 0. The molecule has 0 unspecified atom stereocenters. The summed E-state index contributed by atoms with van der Waals surface area (Å²) in [7, 11) is 0. The third-order valence-corrected chi connectivity index (χ3v) is 3.25. The zero-order chi connectivity index (χ0) is 13.9. The van der Waals surface area contributed by atoms with Crippen molar-refractivity contribution in [2.75, 3.05) is 0 Å². The summed E-state index contributed by atoms with van der Waals surface area (Å²) in [6.07, 6.45) is 4.95. The zero-order valence-electron chi connectivity index (χ0n) is 10.3. The fourth-order valence-corrected chi connectivity index (χ4v) is 2.01. The molecule has 2 heterocycles. The van der Waals surface area contributed by atoms with Crippen LogP contribution in [-0.2, 0) is 9.53 Å². The number of benzene rings is 1. The molecule has 0 fully saturated rings. The molecule has 2 aromatic rings. The van der Waals surface area contributed by atoms with Crippen LogP contribution in [0, 0.1) is 0 Å². The van der Waals surface area contributed by atoms with Gasteiger partial charge in [-0.2, -0.15) is 0 Å². The Hall–Kier alpha value is -2.27. The molecule has 1 aromatic heterocycles. The number of rotatable bonds is 2. The zero-order valence-corrected chi connectivity index (χ0v) is 11.9. The fraction of sp³-hybridized carbons (Fsp3) is 0. The highest BCUT2D eigenvalue weighted by Gasteiger charge is 2.23. The molecule has 20 heavy (non-hydrogen) atoms. The van der Waals surface area contributed by atoms with Gasteiger partial charge in [0.1, 0.15) is 0 Å². The molecule has 1 aromatic carbocycles. The van der Waals surface area contributed by atoms with Crippen molar-refractivity contribution in [3.8, 4) is 0 Å². The van der Waals surface area contributed by atoms with Crippen LogP contribution >= 0.6 is 15.9 Å². The van der Waals surface area contributed by atoms with Gasteiger partial charge in [0, 0.05) is 22.4 Å². The van der Waals surface area contributed by atoms with E-state index < -0.39 is 5.97 Å². The lowest BCUT2D eigenvalue weighted by Gasteiger charge is -1.96. The molecule has 0 amide bonds. The molecule has 98 valence electrons. The molecule has 0 spiro atoms. The molecule has 4 nitrogen and oxygen atoms in total. The minimum Gasteiger partial charge on any atom is -0.402 e. The Bertz CT molecular complexity index is 706. The first-order chi connectivity index (χ1) is 9.72. The summed E-state index contributed by atoms with van der Waals surface area (Å²) in [5.74, 6) is -0.138. The predicted molar refractivity (Wildman–Crippen MR) is 79.0 cm³/mol. The molecule has 1 aliphatic rings. The summed E-state index contributed by atoms with van der Waals surface area (Å²) in [6, 6.07) is 11.1. The third kappa shape index (κ3) is 2.67. The maximum atomic E-state index is 11.8. The Balaban J connectivity index is 1.92. The van der Waals surface area contributed by atoms with Crippen LogP contribution in [-0.4, -0.2) is 16.9 Å². The number of ether oxygens (including phenoxy) is 1. The van der Waals surface area contributed by atoms with Gasteiger partial charge in [0.15, 0.2) is 5.70 Å². The van der Waals surface area contributed by atoms with Crippen LogP contribution in [0.2, 0.25) is 0 Å². The number of aliphatic imine (C=N–C) groups is 1. The first kappa shape index (κ1) is 12.7. The van der Waals surface area contributed by atoms with E-state index in [1.807, 2.05) is 24.3 Å². The van der Waals surface area contributed by atoms with E-state index in [4.69, 9.17) is 4.74 Å². The number of aromatic nitrogens is 1. The monoisotopic (exact) mass is 328 g/mol. The van der Waals surface area contributed by atoms with Gasteiger partial charge in [0.2, 0.25) is 5.90 Å². The minimum atomic E-state index is -0.445. The van der Waals surface area contributed by atoms with Gasteiger partial charge >= 0.3 is 5.97 Å². The van der Waals surface area contributed by atoms with Crippen LogP contribution in [0.25, 0.3) is 6.08 Å². The summed E-state index contributed by atoms with van der Waals surface area (Å²) in [4.78, 5) is 19.9. The van der Waals surface area contributed by atoms with Gasteiger partial charge in [-0.1, -0.05) is 28.1 Å². The van der Waals surface area contributed by atoms with E-state index >= 15 is 0 Å². The maximum absolute atomic E-state index is 11.8. The lowest BCUT2D eigenvalue weighted by molar-refractivity contribution is -0.129. The number of esters is 1. The van der Waals surface area contributed by atoms with E-state index in [0.29, 0.717) is 11.6 Å². The van der Waals surface area contributed by atoms with E-state index in [1.165, 1.54) is 0 Å². The molecule has 1 aliphatic heterocycles. The average Bonchev–Trinajstić information content (AvgIpc) is 2.84.